The van der Waals surface area contributed by atoms with Crippen molar-refractivity contribution in [2.24, 2.45) is 0 Å². The lowest BCUT2D eigenvalue weighted by Gasteiger charge is -2.23. The number of halogens is 3. The molecule has 0 radical (unpaired) electrons. The Hall–Kier alpha value is -5.54. The van der Waals surface area contributed by atoms with E-state index >= 15 is 0 Å². The monoisotopic (exact) mass is 590 g/mol. The number of phenolic OH excluding ortho intramolecular Hbond substituents is 1. The number of nitrogens with zero attached hydrogens (tertiary/aromatic N) is 3. The molecule has 0 bridgehead atoms. The smallest absolute Gasteiger partial charge is 0.471 e. The minimum Gasteiger partial charge on any atom is -0.508 e. The molecular weight excluding hydrogens is 569 g/mol. The Morgan fingerprint density at radius 3 is 2.49 bits per heavy atom. The Kier molecular flexibility index (Phi) is 7.84. The number of H-pyrrole nitrogens is 2. The number of carbonyl (C=O) groups excluding carboxylic acids is 2. The number of nitrogens with one attached hydrogen (secondary N) is 3. The first-order valence-corrected chi connectivity index (χ1v) is 11.7. The summed E-state index contributed by atoms with van der Waals surface area (Å²) in [4.78, 5) is 61.8. The van der Waals surface area contributed by atoms with Crippen molar-refractivity contribution >= 4 is 40.6 Å². The Labute approximate surface area is 227 Å². The first-order valence-electron chi connectivity index (χ1n) is 11.7. The van der Waals surface area contributed by atoms with E-state index in [4.69, 9.17) is 5.73 Å². The van der Waals surface area contributed by atoms with E-state index < -0.39 is 42.1 Å². The molecule has 0 aliphatic rings. The van der Waals surface area contributed by atoms with Gasteiger partial charge in [-0.15, -0.1) is 0 Å². The number of fused-ring (bicyclic) bond motifs is 1. The first kappa shape index (κ1) is 28.5. The van der Waals surface area contributed by atoms with E-state index in [1.54, 1.807) is 0 Å². The van der Waals surface area contributed by atoms with E-state index in [-0.39, 0.29) is 46.2 Å². The van der Waals surface area contributed by atoms with E-state index in [2.05, 4.69) is 25.3 Å². The van der Waals surface area contributed by atoms with Crippen molar-refractivity contribution in [1.29, 1.82) is 0 Å². The van der Waals surface area contributed by atoms with Crippen LogP contribution in [0.1, 0.15) is 21.6 Å². The van der Waals surface area contributed by atoms with Gasteiger partial charge < -0.3 is 21.3 Å². The molecule has 0 unspecified atom stereocenters. The van der Waals surface area contributed by atoms with Crippen molar-refractivity contribution < 1.29 is 42.8 Å². The molecule has 0 aliphatic carbocycles. The number of aromatic amines is 2. The molecule has 0 saturated heterocycles. The Balaban J connectivity index is 1.57. The van der Waals surface area contributed by atoms with Gasteiger partial charge in [0, 0.05) is 17.7 Å². The van der Waals surface area contributed by atoms with Crippen molar-refractivity contribution in [3.63, 3.8) is 0 Å². The summed E-state index contributed by atoms with van der Waals surface area (Å²) >= 11 is 0. The SMILES string of the molecule is Nc1nc2[nH+]cc(CN(C(=O)C(F)(F)F)c3ccc(C(=O)N[14C@@H]([14CH2][14c]4[14cH][14cH][14c](O)[14cH][14cH]4)[14C](=O)O)cc3)nc2c(=O)[nH]1. The van der Waals surface area contributed by atoms with Crippen LogP contribution in [-0.2, 0) is 22.6 Å². The summed E-state index contributed by atoms with van der Waals surface area (Å²) < 4.78 is 40.3. The molecule has 16 heteroatoms. The molecule has 4 aromatic rings. The number of nitrogen functional groups attached to an aromatic ring is 1. The van der Waals surface area contributed by atoms with Gasteiger partial charge in [-0.25, -0.2) is 14.8 Å². The third kappa shape index (κ3) is 6.73. The Morgan fingerprint density at radius 1 is 1.22 bits per heavy atom. The van der Waals surface area contributed by atoms with Gasteiger partial charge in [-0.05, 0) is 46.9 Å². The third-order valence-corrected chi connectivity index (χ3v) is 5.77. The van der Waals surface area contributed by atoms with E-state index in [1.807, 2.05) is 0 Å². The number of hydrogen-bond donors (Lipinski definition) is 5. The number of aromatic nitrogens is 4. The van der Waals surface area contributed by atoms with Crippen molar-refractivity contribution in [2.75, 3.05) is 10.6 Å². The number of carbonyl (C=O) groups is 3. The molecule has 2 aromatic heterocycles. The number of benzene rings is 2. The molecule has 13 nitrogen and oxygen atoms in total. The van der Waals surface area contributed by atoms with Gasteiger partial charge >= 0.3 is 29.6 Å². The average molecular weight is 590 g/mol. The van der Waals surface area contributed by atoms with Gasteiger partial charge in [-0.2, -0.15) is 13.2 Å². The standard InChI is InChI=1S/C25H20F3N7O6/c26-25(27,28)23(41)35(11-14-10-30-19-18(31-14)21(38)34-24(29)33-19)15-5-3-13(4-6-15)20(37)32-17(22(39)40)9-12-1-7-16(36)8-2-12/h1-8,10,17,36H,9,11H2,(H,32,37)(H,39,40)(H3,29,30,33,34,38)/p+1/t17-/m0/s1/i1+2,2+2,7+2,8+2,9+2,12+2,16+2,17+2,22+2. The lowest BCUT2D eigenvalue weighted by Crippen LogP contribution is -2.42. The van der Waals surface area contributed by atoms with Crippen molar-refractivity contribution in [2.45, 2.75) is 25.2 Å². The van der Waals surface area contributed by atoms with Crippen LogP contribution in [-0.4, -0.2) is 55.2 Å². The minimum atomic E-state index is -5.27. The maximum Gasteiger partial charge on any atom is 0.471 e. The van der Waals surface area contributed by atoms with Crippen molar-refractivity contribution in [3.05, 3.63) is 81.9 Å². The number of nitrogens with two attached hydrogens (primary N) is 1. The quantitative estimate of drug-likeness (QED) is 0.198. The number of alkyl halides is 3. The topological polar surface area (TPSA) is 206 Å². The van der Waals surface area contributed by atoms with Crippen LogP contribution >= 0.6 is 0 Å². The third-order valence-electron chi connectivity index (χ3n) is 5.77. The fourth-order valence-corrected chi connectivity index (χ4v) is 3.79. The molecule has 0 spiro atoms. The summed E-state index contributed by atoms with van der Waals surface area (Å²) in [6, 6.07) is 8.75. The number of rotatable bonds is 8. The van der Waals surface area contributed by atoms with Crippen LogP contribution in [0.3, 0.4) is 0 Å². The van der Waals surface area contributed by atoms with Gasteiger partial charge in [-0.1, -0.05) is 12.1 Å². The zero-order valence-electron chi connectivity index (χ0n) is 20.8. The number of hydrogen-bond acceptors (Lipinski definition) is 8. The predicted molar refractivity (Wildman–Crippen MR) is 136 cm³/mol. The Bertz CT molecular complexity index is 1670. The largest absolute Gasteiger partial charge is 0.508 e. The van der Waals surface area contributed by atoms with E-state index in [0.717, 1.165) is 30.5 Å². The highest BCUT2D eigenvalue weighted by molar-refractivity contribution is 5.99. The fraction of sp³-hybridized carbons (Fsp3) is 0.160. The first-order chi connectivity index (χ1) is 19.3. The number of aromatic hydroxyl groups is 1. The summed E-state index contributed by atoms with van der Waals surface area (Å²) in [5, 5.41) is 21.2. The van der Waals surface area contributed by atoms with Crippen LogP contribution in [0.25, 0.3) is 11.2 Å². The van der Waals surface area contributed by atoms with E-state index in [0.29, 0.717) is 10.5 Å². The van der Waals surface area contributed by atoms with Crippen molar-refractivity contribution in [1.82, 2.24) is 20.3 Å². The predicted octanol–water partition coefficient (Wildman–Crippen LogP) is 0.941. The normalized spacial score (nSPS) is 12.1. The summed E-state index contributed by atoms with van der Waals surface area (Å²) in [5.41, 5.74) is 4.50. The summed E-state index contributed by atoms with van der Waals surface area (Å²) in [6.07, 6.45) is -4.21. The van der Waals surface area contributed by atoms with Gasteiger partial charge in [0.2, 0.25) is 5.52 Å². The van der Waals surface area contributed by atoms with Crippen LogP contribution in [0, 0.1) is 0 Å². The number of carboxylic acids is 1. The highest BCUT2D eigenvalue weighted by atomic mass is 19.4. The van der Waals surface area contributed by atoms with Crippen LogP contribution in [0.2, 0.25) is 0 Å². The molecule has 1 atom stereocenters. The molecular formula is C25H21F3N7O6+. The highest BCUT2D eigenvalue weighted by Gasteiger charge is 2.43. The van der Waals surface area contributed by atoms with E-state index in [9.17, 15) is 42.6 Å². The molecule has 2 heterocycles. The molecule has 0 aliphatic heterocycles. The molecule has 0 saturated carbocycles. The van der Waals surface area contributed by atoms with E-state index in [1.165, 1.54) is 24.3 Å². The highest BCUT2D eigenvalue weighted by Crippen LogP contribution is 2.26. The van der Waals surface area contributed by atoms with Gasteiger partial charge in [0.1, 0.15) is 23.7 Å². The second kappa shape index (κ2) is 11.3. The lowest BCUT2D eigenvalue weighted by atomic mass is 10.1. The van der Waals surface area contributed by atoms with Gasteiger partial charge in [0.15, 0.2) is 0 Å². The molecule has 212 valence electrons. The zero-order chi connectivity index (χ0) is 29.9. The number of carboxylic acid groups (broad SMARTS) is 1. The maximum absolute atomic E-state index is 13.4. The summed E-state index contributed by atoms with van der Waals surface area (Å²) in [7, 11) is 0. The number of aliphatic carboxylic acids is 1. The average Bonchev–Trinajstić information content (AvgIpc) is 2.92. The second-order valence-corrected chi connectivity index (χ2v) is 8.71. The summed E-state index contributed by atoms with van der Waals surface area (Å²) in [5.74, 6) is -4.62. The molecule has 7 N–H and O–H groups in total. The van der Waals surface area contributed by atoms with Gasteiger partial charge in [0.25, 0.3) is 11.5 Å². The fourth-order valence-electron chi connectivity index (χ4n) is 3.79. The van der Waals surface area contributed by atoms with Crippen LogP contribution in [0.5, 0.6) is 5.75 Å². The minimum absolute atomic E-state index is 0.0202. The zero-order valence-corrected chi connectivity index (χ0v) is 20.8. The number of anilines is 2. The summed E-state index contributed by atoms with van der Waals surface area (Å²) in [6.45, 7) is -0.714. The Morgan fingerprint density at radius 2 is 1.88 bits per heavy atom. The maximum atomic E-state index is 13.4. The molecule has 0 fully saturated rings. The van der Waals surface area contributed by atoms with Gasteiger partial charge in [-0.3, -0.25) is 24.3 Å². The second-order valence-electron chi connectivity index (χ2n) is 8.71. The number of amides is 2. The molecule has 2 aromatic carbocycles. The van der Waals surface area contributed by atoms with Crippen LogP contribution < -0.4 is 26.5 Å². The molecule has 2 amide bonds. The van der Waals surface area contributed by atoms with Crippen LogP contribution in [0.15, 0.2) is 59.5 Å². The van der Waals surface area contributed by atoms with Gasteiger partial charge in [0.05, 0.1) is 6.54 Å². The van der Waals surface area contributed by atoms with Crippen molar-refractivity contribution in [3.8, 4) is 5.75 Å². The number of phenols is 1. The molecule has 41 heavy (non-hydrogen) atoms. The van der Waals surface area contributed by atoms with Crippen LogP contribution in [0.4, 0.5) is 24.8 Å². The lowest BCUT2D eigenvalue weighted by molar-refractivity contribution is -0.349. The molecule has 4 rings (SSSR count).